The molecule has 2 saturated heterocycles. The molecule has 3 rings (SSSR count). The Balaban J connectivity index is 1.38. The van der Waals surface area contributed by atoms with E-state index in [0.717, 1.165) is 24.9 Å². The summed E-state index contributed by atoms with van der Waals surface area (Å²) in [6.45, 7) is 2.21. The van der Waals surface area contributed by atoms with Crippen molar-refractivity contribution in [1.29, 1.82) is 0 Å². The van der Waals surface area contributed by atoms with E-state index in [2.05, 4.69) is 9.62 Å². The van der Waals surface area contributed by atoms with Crippen molar-refractivity contribution in [2.45, 2.75) is 89.1 Å². The van der Waals surface area contributed by atoms with E-state index in [0.29, 0.717) is 12.1 Å². The maximum absolute atomic E-state index is 6.18. The van der Waals surface area contributed by atoms with Crippen LogP contribution >= 0.6 is 0 Å². The van der Waals surface area contributed by atoms with Crippen LogP contribution in [0.1, 0.15) is 77.0 Å². The van der Waals surface area contributed by atoms with E-state index in [1.807, 2.05) is 0 Å². The first-order valence-electron chi connectivity index (χ1n) is 9.75. The minimum atomic E-state index is 0.660. The van der Waals surface area contributed by atoms with E-state index >= 15 is 0 Å². The highest BCUT2D eigenvalue weighted by atomic mass is 15.1. The van der Waals surface area contributed by atoms with Gasteiger partial charge in [0.05, 0.1) is 0 Å². The summed E-state index contributed by atoms with van der Waals surface area (Å²) in [7, 11) is 12.4. The molecule has 2 atom stereocenters. The Kier molecular flexibility index (Phi) is 6.33. The number of hydrogen-bond donors (Lipinski definition) is 0. The fraction of sp³-hybridized carbons (Fsp3) is 1.00. The minimum absolute atomic E-state index is 0.660. The minimum Gasteiger partial charge on any atom is -0.351 e. The van der Waals surface area contributed by atoms with E-state index in [9.17, 15) is 0 Å². The lowest BCUT2D eigenvalue weighted by Crippen LogP contribution is -2.40. The molecule has 3 fully saturated rings. The summed E-state index contributed by atoms with van der Waals surface area (Å²) >= 11 is 0. The summed E-state index contributed by atoms with van der Waals surface area (Å²) in [6, 6.07) is 1.32. The average molecular weight is 298 g/mol. The third-order valence-electron chi connectivity index (χ3n) is 6.52. The molecule has 4 heteroatoms. The van der Waals surface area contributed by atoms with Crippen LogP contribution in [0.4, 0.5) is 0 Å². The topological polar surface area (TPSA) is 6.48 Å². The van der Waals surface area contributed by atoms with Crippen LogP contribution in [0.25, 0.3) is 0 Å². The van der Waals surface area contributed by atoms with Gasteiger partial charge < -0.3 is 9.62 Å². The second-order valence-corrected chi connectivity index (χ2v) is 8.13. The first-order valence-corrected chi connectivity index (χ1v) is 9.75. The molecule has 0 aromatic carbocycles. The number of nitrogens with zero attached hydrogens (tertiary/aromatic N) is 2. The maximum atomic E-state index is 6.18. The van der Waals surface area contributed by atoms with Crippen LogP contribution in [-0.2, 0) is 0 Å². The van der Waals surface area contributed by atoms with Gasteiger partial charge in [0.2, 0.25) is 0 Å². The first kappa shape index (κ1) is 16.9. The monoisotopic (exact) mass is 298 g/mol. The molecule has 1 saturated carbocycles. The first-order chi connectivity index (χ1) is 10.7. The number of rotatable bonds is 4. The Labute approximate surface area is 140 Å². The second kappa shape index (κ2) is 8.24. The van der Waals surface area contributed by atoms with Gasteiger partial charge in [-0.15, -0.1) is 0 Å². The zero-order valence-corrected chi connectivity index (χ0v) is 14.3. The Morgan fingerprint density at radius 3 is 1.36 bits per heavy atom. The van der Waals surface area contributed by atoms with Crippen molar-refractivity contribution < 1.29 is 0 Å². The molecule has 0 aromatic rings. The zero-order chi connectivity index (χ0) is 15.4. The lowest BCUT2D eigenvalue weighted by Gasteiger charge is -2.40. The highest BCUT2D eigenvalue weighted by molar-refractivity contribution is 6.04. The summed E-state index contributed by atoms with van der Waals surface area (Å²) in [5.41, 5.74) is 0. The summed E-state index contributed by atoms with van der Waals surface area (Å²) in [5.74, 6) is 1.84. The Morgan fingerprint density at radius 1 is 0.591 bits per heavy atom. The molecule has 0 aromatic heterocycles. The van der Waals surface area contributed by atoms with Gasteiger partial charge in [-0.2, -0.15) is 0 Å². The lowest BCUT2D eigenvalue weighted by atomic mass is 9.75. The molecule has 0 amide bonds. The predicted molar refractivity (Wildman–Crippen MR) is 94.9 cm³/mol. The zero-order valence-electron chi connectivity index (χ0n) is 14.3. The molecule has 22 heavy (non-hydrogen) atoms. The van der Waals surface area contributed by atoms with E-state index in [4.69, 9.17) is 16.0 Å². The molecule has 0 bridgehead atoms. The molecule has 2 aliphatic heterocycles. The number of hydrogen-bond acceptors (Lipinski definition) is 2. The van der Waals surface area contributed by atoms with Gasteiger partial charge in [-0.1, -0.05) is 38.5 Å². The van der Waals surface area contributed by atoms with Gasteiger partial charge in [-0.25, -0.2) is 0 Å². The van der Waals surface area contributed by atoms with Crippen LogP contribution in [0.5, 0.6) is 0 Å². The quantitative estimate of drug-likeness (QED) is 0.734. The Bertz CT molecular complexity index is 299. The van der Waals surface area contributed by atoms with Crippen LogP contribution in [0, 0.1) is 11.8 Å². The van der Waals surface area contributed by atoms with E-state index in [1.54, 1.807) is 0 Å². The van der Waals surface area contributed by atoms with Crippen molar-refractivity contribution in [3.63, 3.8) is 0 Å². The third-order valence-corrected chi connectivity index (χ3v) is 6.52. The molecule has 2 heterocycles. The molecule has 2 unspecified atom stereocenters. The van der Waals surface area contributed by atoms with Gasteiger partial charge in [0.15, 0.2) is 16.0 Å². The van der Waals surface area contributed by atoms with Crippen molar-refractivity contribution in [1.82, 2.24) is 9.62 Å². The van der Waals surface area contributed by atoms with Crippen LogP contribution in [-0.4, -0.2) is 50.8 Å². The van der Waals surface area contributed by atoms with Gasteiger partial charge in [0, 0.05) is 0 Å². The van der Waals surface area contributed by atoms with E-state index in [1.165, 1.54) is 77.0 Å². The molecule has 4 radical (unpaired) electrons. The van der Waals surface area contributed by atoms with Gasteiger partial charge in [0.25, 0.3) is 0 Å². The normalized spacial score (nSPS) is 38.9. The third kappa shape index (κ3) is 4.54. The van der Waals surface area contributed by atoms with Crippen LogP contribution in [0.3, 0.4) is 0 Å². The average Bonchev–Trinajstić information content (AvgIpc) is 2.54. The standard InChI is InChI=1S/C18H32B2N2/c19-21-11-3-1-5-17(21)13-15-7-9-16(10-8-15)14-18-6-2-4-12-22(18)20/h15-18H,1-14H2. The molecular weight excluding hydrogens is 266 g/mol. The van der Waals surface area contributed by atoms with Gasteiger partial charge in [-0.3, -0.25) is 0 Å². The molecule has 0 spiro atoms. The van der Waals surface area contributed by atoms with Crippen LogP contribution in [0.15, 0.2) is 0 Å². The lowest BCUT2D eigenvalue weighted by molar-refractivity contribution is 0.156. The van der Waals surface area contributed by atoms with E-state index < -0.39 is 0 Å². The highest BCUT2D eigenvalue weighted by Gasteiger charge is 2.29. The Morgan fingerprint density at radius 2 is 1.00 bits per heavy atom. The van der Waals surface area contributed by atoms with Gasteiger partial charge in [-0.05, 0) is 75.5 Å². The molecular formula is C18H32B2N2. The summed E-state index contributed by atoms with van der Waals surface area (Å²) in [6.07, 6.45) is 16.3. The second-order valence-electron chi connectivity index (χ2n) is 8.13. The smallest absolute Gasteiger partial charge is 0.182 e. The van der Waals surface area contributed by atoms with Crippen LogP contribution in [0.2, 0.25) is 0 Å². The number of piperidine rings is 2. The van der Waals surface area contributed by atoms with Crippen molar-refractivity contribution in [2.75, 3.05) is 13.1 Å². The van der Waals surface area contributed by atoms with Crippen molar-refractivity contribution in [3.8, 4) is 0 Å². The molecule has 0 N–H and O–H groups in total. The molecule has 3 aliphatic rings. The highest BCUT2D eigenvalue weighted by Crippen LogP contribution is 2.37. The summed E-state index contributed by atoms with van der Waals surface area (Å²) in [5, 5.41) is 0. The van der Waals surface area contributed by atoms with Gasteiger partial charge >= 0.3 is 0 Å². The maximum Gasteiger partial charge on any atom is 0.182 e. The molecule has 2 nitrogen and oxygen atoms in total. The van der Waals surface area contributed by atoms with Crippen molar-refractivity contribution in [2.24, 2.45) is 11.8 Å². The fourth-order valence-electron chi connectivity index (χ4n) is 5.02. The van der Waals surface area contributed by atoms with Gasteiger partial charge in [0.1, 0.15) is 0 Å². The fourth-order valence-corrected chi connectivity index (χ4v) is 5.02. The van der Waals surface area contributed by atoms with E-state index in [-0.39, 0.29) is 0 Å². The summed E-state index contributed by atoms with van der Waals surface area (Å²) in [4.78, 5) is 4.26. The summed E-state index contributed by atoms with van der Waals surface area (Å²) < 4.78 is 0. The Hall–Kier alpha value is 0.0499. The largest absolute Gasteiger partial charge is 0.351 e. The van der Waals surface area contributed by atoms with Crippen molar-refractivity contribution >= 4 is 16.0 Å². The molecule has 120 valence electrons. The van der Waals surface area contributed by atoms with Crippen molar-refractivity contribution in [3.05, 3.63) is 0 Å². The SMILES string of the molecule is [B]N1CCCCC1CC1CCC(CC2CCCCN2[B])CC1. The molecule has 1 aliphatic carbocycles. The van der Waals surface area contributed by atoms with Crippen LogP contribution < -0.4 is 0 Å². The predicted octanol–water partition coefficient (Wildman–Crippen LogP) is 3.45.